The molecule has 0 aromatic carbocycles. The Labute approximate surface area is 90.8 Å². The summed E-state index contributed by atoms with van der Waals surface area (Å²) < 4.78 is 0. The molecule has 76 valence electrons. The molecule has 0 fully saturated rings. The average molecular weight is 219 g/mol. The first-order valence-corrected chi connectivity index (χ1v) is 5.41. The Balaban J connectivity index is 2.02. The van der Waals surface area contributed by atoms with Crippen molar-refractivity contribution in [1.82, 2.24) is 15.0 Å². The number of nitrogens with one attached hydrogen (secondary N) is 1. The lowest BCUT2D eigenvalue weighted by atomic mass is 10.4. The summed E-state index contributed by atoms with van der Waals surface area (Å²) in [6.45, 7) is 0. The molecule has 0 radical (unpaired) electrons. The molecule has 1 N–H and O–H groups in total. The fraction of sp³-hybridized carbons (Fsp3) is 0.100. The number of aromatic nitrogens is 3. The van der Waals surface area contributed by atoms with Crippen LogP contribution in [0, 0.1) is 0 Å². The van der Waals surface area contributed by atoms with Gasteiger partial charge in [-0.1, -0.05) is 17.8 Å². The van der Waals surface area contributed by atoms with Crippen molar-refractivity contribution in [2.45, 2.75) is 10.9 Å². The van der Waals surface area contributed by atoms with Gasteiger partial charge in [-0.05, 0) is 12.1 Å². The van der Waals surface area contributed by atoms with Crippen LogP contribution in [0.5, 0.6) is 0 Å². The van der Waals surface area contributed by atoms with Crippen LogP contribution in [0.4, 0.5) is 0 Å². The third-order valence-corrected chi connectivity index (χ3v) is 2.65. The molecule has 4 nitrogen and oxygen atoms in total. The van der Waals surface area contributed by atoms with Gasteiger partial charge in [-0.25, -0.2) is 4.98 Å². The van der Waals surface area contributed by atoms with Gasteiger partial charge in [0, 0.05) is 24.2 Å². The van der Waals surface area contributed by atoms with Gasteiger partial charge in [0.15, 0.2) is 5.16 Å². The minimum atomic E-state index is -0.131. The average Bonchev–Trinajstić information content (AvgIpc) is 2.28. The molecular weight excluding hydrogens is 210 g/mol. The minimum Gasteiger partial charge on any atom is -0.301 e. The Hall–Kier alpha value is -1.62. The third-order valence-electron chi connectivity index (χ3n) is 1.73. The van der Waals surface area contributed by atoms with Crippen LogP contribution in [-0.4, -0.2) is 15.0 Å². The zero-order valence-electron chi connectivity index (χ0n) is 7.88. The van der Waals surface area contributed by atoms with E-state index in [4.69, 9.17) is 0 Å². The summed E-state index contributed by atoms with van der Waals surface area (Å²) in [7, 11) is 0. The molecule has 2 heterocycles. The molecule has 2 rings (SSSR count). The van der Waals surface area contributed by atoms with Crippen LogP contribution in [0.3, 0.4) is 0 Å². The smallest absolute Gasteiger partial charge is 0.251 e. The Bertz CT molecular complexity index is 483. The Morgan fingerprint density at radius 3 is 2.87 bits per heavy atom. The molecule has 0 aliphatic rings. The molecule has 0 atom stereocenters. The molecule has 0 aliphatic carbocycles. The van der Waals surface area contributed by atoms with Gasteiger partial charge in [-0.3, -0.25) is 9.78 Å². The highest BCUT2D eigenvalue weighted by Gasteiger charge is 1.98. The lowest BCUT2D eigenvalue weighted by Crippen LogP contribution is -2.05. The van der Waals surface area contributed by atoms with Crippen LogP contribution in [0.15, 0.2) is 46.6 Å². The van der Waals surface area contributed by atoms with E-state index in [0.29, 0.717) is 10.9 Å². The van der Waals surface area contributed by atoms with E-state index in [1.165, 1.54) is 24.0 Å². The number of hydrogen-bond acceptors (Lipinski definition) is 4. The SMILES string of the molecule is O=c1ccnc(SCc2ccccn2)[nH]1. The van der Waals surface area contributed by atoms with E-state index in [1.54, 1.807) is 6.20 Å². The highest BCUT2D eigenvalue weighted by molar-refractivity contribution is 7.98. The number of nitrogens with zero attached hydrogens (tertiary/aromatic N) is 2. The monoisotopic (exact) mass is 219 g/mol. The van der Waals surface area contributed by atoms with Gasteiger partial charge in [0.25, 0.3) is 5.56 Å². The van der Waals surface area contributed by atoms with Gasteiger partial charge in [0.1, 0.15) is 0 Å². The molecule has 15 heavy (non-hydrogen) atoms. The van der Waals surface area contributed by atoms with Gasteiger partial charge >= 0.3 is 0 Å². The molecule has 2 aromatic rings. The van der Waals surface area contributed by atoms with Crippen molar-refractivity contribution in [1.29, 1.82) is 0 Å². The van der Waals surface area contributed by atoms with Gasteiger partial charge in [-0.2, -0.15) is 0 Å². The number of thioether (sulfide) groups is 1. The minimum absolute atomic E-state index is 0.131. The summed E-state index contributed by atoms with van der Waals surface area (Å²) in [5, 5.41) is 0.619. The molecule has 2 aromatic heterocycles. The maximum Gasteiger partial charge on any atom is 0.251 e. The van der Waals surface area contributed by atoms with Crippen LogP contribution in [0.2, 0.25) is 0 Å². The van der Waals surface area contributed by atoms with Crippen molar-refractivity contribution < 1.29 is 0 Å². The number of hydrogen-bond donors (Lipinski definition) is 1. The molecule has 0 saturated heterocycles. The highest BCUT2D eigenvalue weighted by atomic mass is 32.2. The summed E-state index contributed by atoms with van der Waals surface area (Å²) in [6, 6.07) is 7.14. The van der Waals surface area contributed by atoms with E-state index in [0.717, 1.165) is 5.69 Å². The van der Waals surface area contributed by atoms with Crippen molar-refractivity contribution in [3.63, 3.8) is 0 Å². The van der Waals surface area contributed by atoms with Crippen molar-refractivity contribution in [3.8, 4) is 0 Å². The Kier molecular flexibility index (Phi) is 3.14. The third kappa shape index (κ3) is 2.92. The van der Waals surface area contributed by atoms with Crippen LogP contribution in [0.1, 0.15) is 5.69 Å². The Morgan fingerprint density at radius 2 is 2.13 bits per heavy atom. The van der Waals surface area contributed by atoms with E-state index in [9.17, 15) is 4.79 Å². The second-order valence-electron chi connectivity index (χ2n) is 2.85. The lowest BCUT2D eigenvalue weighted by Gasteiger charge is -1.98. The zero-order chi connectivity index (χ0) is 10.5. The first-order valence-electron chi connectivity index (χ1n) is 4.42. The van der Waals surface area contributed by atoms with E-state index in [-0.39, 0.29) is 5.56 Å². The molecule has 0 amide bonds. The molecular formula is C10H9N3OS. The van der Waals surface area contributed by atoms with Crippen LogP contribution in [-0.2, 0) is 5.75 Å². The summed E-state index contributed by atoms with van der Waals surface area (Å²) in [5.41, 5.74) is 0.836. The number of pyridine rings is 1. The fourth-order valence-electron chi connectivity index (χ4n) is 1.05. The molecule has 0 saturated carbocycles. The topological polar surface area (TPSA) is 58.6 Å². The summed E-state index contributed by atoms with van der Waals surface area (Å²) >= 11 is 1.46. The number of aromatic amines is 1. The van der Waals surface area contributed by atoms with E-state index < -0.39 is 0 Å². The number of rotatable bonds is 3. The maximum atomic E-state index is 11.0. The maximum absolute atomic E-state index is 11.0. The first-order chi connectivity index (χ1) is 7.34. The predicted molar refractivity (Wildman–Crippen MR) is 58.7 cm³/mol. The number of H-pyrrole nitrogens is 1. The molecule has 0 spiro atoms. The van der Waals surface area contributed by atoms with Crippen molar-refractivity contribution >= 4 is 11.8 Å². The fourth-order valence-corrected chi connectivity index (χ4v) is 1.81. The van der Waals surface area contributed by atoms with Crippen LogP contribution in [0.25, 0.3) is 0 Å². The van der Waals surface area contributed by atoms with Gasteiger partial charge in [-0.15, -0.1) is 0 Å². The van der Waals surface area contributed by atoms with Crippen molar-refractivity contribution in [2.75, 3.05) is 0 Å². The largest absolute Gasteiger partial charge is 0.301 e. The van der Waals surface area contributed by atoms with Crippen LogP contribution >= 0.6 is 11.8 Å². The van der Waals surface area contributed by atoms with Gasteiger partial charge in [0.2, 0.25) is 0 Å². The van der Waals surface area contributed by atoms with Crippen molar-refractivity contribution in [3.05, 3.63) is 52.7 Å². The summed E-state index contributed by atoms with van der Waals surface area (Å²) in [5.74, 6) is 0.702. The van der Waals surface area contributed by atoms with Crippen molar-refractivity contribution in [2.24, 2.45) is 0 Å². The summed E-state index contributed by atoms with van der Waals surface area (Å²) in [6.07, 6.45) is 3.25. The molecule has 5 heteroatoms. The summed E-state index contributed by atoms with van der Waals surface area (Å²) in [4.78, 5) is 21.8. The zero-order valence-corrected chi connectivity index (χ0v) is 8.70. The predicted octanol–water partition coefficient (Wildman–Crippen LogP) is 1.46. The highest BCUT2D eigenvalue weighted by Crippen LogP contribution is 2.15. The lowest BCUT2D eigenvalue weighted by molar-refractivity contribution is 0.935. The molecule has 0 bridgehead atoms. The van der Waals surface area contributed by atoms with Crippen LogP contribution < -0.4 is 5.56 Å². The second kappa shape index (κ2) is 4.75. The second-order valence-corrected chi connectivity index (χ2v) is 3.81. The first kappa shape index (κ1) is 9.92. The molecule has 0 unspecified atom stereocenters. The standard InChI is InChI=1S/C10H9N3OS/c14-9-4-6-12-10(13-9)15-7-8-3-1-2-5-11-8/h1-6H,7H2,(H,12,13,14). The normalized spacial score (nSPS) is 10.1. The van der Waals surface area contributed by atoms with Gasteiger partial charge < -0.3 is 4.98 Å². The van der Waals surface area contributed by atoms with Gasteiger partial charge in [0.05, 0.1) is 5.69 Å². The van der Waals surface area contributed by atoms with E-state index in [1.807, 2.05) is 18.2 Å². The Morgan fingerprint density at radius 1 is 1.20 bits per heavy atom. The van der Waals surface area contributed by atoms with E-state index >= 15 is 0 Å². The van der Waals surface area contributed by atoms with E-state index in [2.05, 4.69) is 15.0 Å². The quantitative estimate of drug-likeness (QED) is 0.627. The molecule has 0 aliphatic heterocycles.